The van der Waals surface area contributed by atoms with E-state index in [2.05, 4.69) is 0 Å². The quantitative estimate of drug-likeness (QED) is 0.836. The Balaban J connectivity index is 1.62. The van der Waals surface area contributed by atoms with Gasteiger partial charge in [0.25, 0.3) is 0 Å². The van der Waals surface area contributed by atoms with Crippen LogP contribution in [0.15, 0.2) is 0 Å². The van der Waals surface area contributed by atoms with Crippen LogP contribution in [-0.2, 0) is 9.47 Å². The van der Waals surface area contributed by atoms with Gasteiger partial charge in [-0.2, -0.15) is 11.8 Å². The third kappa shape index (κ3) is 2.72. The van der Waals surface area contributed by atoms with E-state index in [9.17, 15) is 5.11 Å². The van der Waals surface area contributed by atoms with Crippen LogP contribution in [0.3, 0.4) is 0 Å². The van der Waals surface area contributed by atoms with Crippen molar-refractivity contribution in [3.8, 4) is 0 Å². The average Bonchev–Trinajstić information content (AvgIpc) is 2.93. The van der Waals surface area contributed by atoms with Gasteiger partial charge in [-0.3, -0.25) is 0 Å². The molecule has 0 aromatic carbocycles. The molecule has 104 valence electrons. The summed E-state index contributed by atoms with van der Waals surface area (Å²) < 4.78 is 11.5. The fourth-order valence-electron chi connectivity index (χ4n) is 3.62. The van der Waals surface area contributed by atoms with Gasteiger partial charge in [0.2, 0.25) is 0 Å². The van der Waals surface area contributed by atoms with Crippen molar-refractivity contribution in [3.05, 3.63) is 0 Å². The molecule has 0 aliphatic carbocycles. The summed E-state index contributed by atoms with van der Waals surface area (Å²) in [5.41, 5.74) is 0.0193. The van der Waals surface area contributed by atoms with E-state index in [4.69, 9.17) is 9.47 Å². The van der Waals surface area contributed by atoms with E-state index in [1.54, 1.807) is 0 Å². The van der Waals surface area contributed by atoms with E-state index in [0.29, 0.717) is 11.2 Å². The van der Waals surface area contributed by atoms with Crippen molar-refractivity contribution in [1.82, 2.24) is 0 Å². The molecule has 3 atom stereocenters. The second-order valence-corrected chi connectivity index (χ2v) is 7.29. The van der Waals surface area contributed by atoms with Gasteiger partial charge in [-0.15, -0.1) is 0 Å². The lowest BCUT2D eigenvalue weighted by molar-refractivity contribution is -0.158. The molecule has 3 saturated heterocycles. The fourth-order valence-corrected chi connectivity index (χ4v) is 5.01. The first-order valence-corrected chi connectivity index (χ1v) is 8.35. The molecule has 3 unspecified atom stereocenters. The van der Waals surface area contributed by atoms with Gasteiger partial charge >= 0.3 is 0 Å². The fraction of sp³-hybridized carbons (Fsp3) is 1.00. The second-order valence-electron chi connectivity index (χ2n) is 5.94. The Hall–Kier alpha value is 0.230. The van der Waals surface area contributed by atoms with Crippen molar-refractivity contribution < 1.29 is 14.6 Å². The van der Waals surface area contributed by atoms with Crippen molar-refractivity contribution in [2.24, 2.45) is 5.92 Å². The normalized spacial score (nSPS) is 37.8. The number of hydrogen-bond acceptors (Lipinski definition) is 4. The Morgan fingerprint density at radius 3 is 2.72 bits per heavy atom. The van der Waals surface area contributed by atoms with E-state index in [1.165, 1.54) is 18.6 Å². The van der Waals surface area contributed by atoms with E-state index in [0.717, 1.165) is 45.5 Å². The van der Waals surface area contributed by atoms with Gasteiger partial charge in [0.1, 0.15) is 0 Å². The molecule has 3 fully saturated rings. The minimum atomic E-state index is -0.124. The summed E-state index contributed by atoms with van der Waals surface area (Å²) in [5, 5.41) is 11.1. The molecular weight excluding hydrogens is 248 g/mol. The maximum Gasteiger partial charge on any atom is 0.0730 e. The van der Waals surface area contributed by atoms with Crippen LogP contribution in [0.25, 0.3) is 0 Å². The molecule has 0 saturated carbocycles. The Labute approximate surface area is 114 Å². The molecule has 4 heteroatoms. The first-order chi connectivity index (χ1) is 8.79. The van der Waals surface area contributed by atoms with Crippen molar-refractivity contribution in [2.45, 2.75) is 55.5 Å². The molecular formula is C14H24O3S. The zero-order valence-corrected chi connectivity index (χ0v) is 11.8. The molecule has 0 radical (unpaired) electrons. The summed E-state index contributed by atoms with van der Waals surface area (Å²) in [6, 6.07) is 0. The van der Waals surface area contributed by atoms with Gasteiger partial charge in [0.15, 0.2) is 0 Å². The van der Waals surface area contributed by atoms with Gasteiger partial charge in [-0.25, -0.2) is 0 Å². The summed E-state index contributed by atoms with van der Waals surface area (Å²) in [6.45, 7) is 2.46. The van der Waals surface area contributed by atoms with Crippen LogP contribution in [0.2, 0.25) is 0 Å². The third-order valence-electron chi connectivity index (χ3n) is 4.76. The SMILES string of the molecule is OC(C1CCOC2(CCOCC2)C1)C1CCCS1. The molecule has 0 aromatic heterocycles. The third-order valence-corrected chi connectivity index (χ3v) is 6.23. The van der Waals surface area contributed by atoms with E-state index >= 15 is 0 Å². The van der Waals surface area contributed by atoms with E-state index < -0.39 is 0 Å². The molecule has 3 aliphatic rings. The maximum atomic E-state index is 10.6. The number of rotatable bonds is 2. The van der Waals surface area contributed by atoms with Gasteiger partial charge in [-0.1, -0.05) is 0 Å². The standard InChI is InChI=1S/C14H24O3S/c15-13(12-2-1-9-18-12)11-3-6-17-14(10-11)4-7-16-8-5-14/h11-13,15H,1-10H2. The van der Waals surface area contributed by atoms with Crippen molar-refractivity contribution in [3.63, 3.8) is 0 Å². The number of aliphatic hydroxyl groups excluding tert-OH is 1. The zero-order chi connectivity index (χ0) is 12.4. The highest BCUT2D eigenvalue weighted by atomic mass is 32.2. The van der Waals surface area contributed by atoms with Crippen LogP contribution in [0.1, 0.15) is 38.5 Å². The van der Waals surface area contributed by atoms with Crippen molar-refractivity contribution in [1.29, 1.82) is 0 Å². The molecule has 0 amide bonds. The molecule has 1 spiro atoms. The minimum absolute atomic E-state index is 0.0193. The van der Waals surface area contributed by atoms with E-state index in [1.807, 2.05) is 11.8 Å². The summed E-state index contributed by atoms with van der Waals surface area (Å²) in [4.78, 5) is 0. The molecule has 3 rings (SSSR count). The predicted octanol–water partition coefficient (Wildman–Crippen LogP) is 2.22. The van der Waals surface area contributed by atoms with Crippen molar-refractivity contribution in [2.75, 3.05) is 25.6 Å². The lowest BCUT2D eigenvalue weighted by Crippen LogP contribution is -2.48. The highest BCUT2D eigenvalue weighted by Crippen LogP contribution is 2.41. The lowest BCUT2D eigenvalue weighted by Gasteiger charge is -2.45. The Kier molecular flexibility index (Phi) is 4.18. The number of ether oxygens (including phenoxy) is 2. The van der Waals surface area contributed by atoms with Crippen LogP contribution in [0, 0.1) is 5.92 Å². The summed E-state index contributed by atoms with van der Waals surface area (Å²) in [6.07, 6.45) is 6.42. The molecule has 3 heterocycles. The van der Waals surface area contributed by atoms with Gasteiger partial charge in [0, 0.05) is 25.1 Å². The molecule has 18 heavy (non-hydrogen) atoms. The Morgan fingerprint density at radius 2 is 2.00 bits per heavy atom. The largest absolute Gasteiger partial charge is 0.392 e. The smallest absolute Gasteiger partial charge is 0.0730 e. The van der Waals surface area contributed by atoms with Crippen LogP contribution in [-0.4, -0.2) is 47.6 Å². The van der Waals surface area contributed by atoms with Crippen LogP contribution in [0.5, 0.6) is 0 Å². The summed E-state index contributed by atoms with van der Waals surface area (Å²) >= 11 is 1.96. The first kappa shape index (κ1) is 13.2. The van der Waals surface area contributed by atoms with Crippen LogP contribution < -0.4 is 0 Å². The zero-order valence-electron chi connectivity index (χ0n) is 11.0. The van der Waals surface area contributed by atoms with Gasteiger partial charge in [0.05, 0.1) is 11.7 Å². The number of hydrogen-bond donors (Lipinski definition) is 1. The average molecular weight is 272 g/mol. The predicted molar refractivity (Wildman–Crippen MR) is 72.9 cm³/mol. The van der Waals surface area contributed by atoms with Gasteiger partial charge < -0.3 is 14.6 Å². The Bertz CT molecular complexity index is 267. The molecule has 1 N–H and O–H groups in total. The Morgan fingerprint density at radius 1 is 1.17 bits per heavy atom. The number of thioether (sulfide) groups is 1. The maximum absolute atomic E-state index is 10.6. The first-order valence-electron chi connectivity index (χ1n) is 7.30. The monoisotopic (exact) mass is 272 g/mol. The van der Waals surface area contributed by atoms with Gasteiger partial charge in [-0.05, 0) is 50.2 Å². The summed E-state index contributed by atoms with van der Waals surface area (Å²) in [5.74, 6) is 1.66. The molecule has 3 nitrogen and oxygen atoms in total. The minimum Gasteiger partial charge on any atom is -0.392 e. The second kappa shape index (κ2) is 5.70. The number of aliphatic hydroxyl groups is 1. The van der Waals surface area contributed by atoms with Crippen molar-refractivity contribution >= 4 is 11.8 Å². The molecule has 0 bridgehead atoms. The molecule has 0 aromatic rings. The highest BCUT2D eigenvalue weighted by Gasteiger charge is 2.42. The molecule has 3 aliphatic heterocycles. The van der Waals surface area contributed by atoms with Crippen LogP contribution in [0.4, 0.5) is 0 Å². The summed E-state index contributed by atoms with van der Waals surface area (Å²) in [7, 11) is 0. The van der Waals surface area contributed by atoms with Crippen LogP contribution >= 0.6 is 11.8 Å². The van der Waals surface area contributed by atoms with E-state index in [-0.39, 0.29) is 11.7 Å². The highest BCUT2D eigenvalue weighted by molar-refractivity contribution is 8.00. The topological polar surface area (TPSA) is 38.7 Å². The lowest BCUT2D eigenvalue weighted by atomic mass is 9.77.